The summed E-state index contributed by atoms with van der Waals surface area (Å²) in [6.07, 6.45) is 1.53. The topological polar surface area (TPSA) is 22.1 Å². The van der Waals surface area contributed by atoms with E-state index in [0.717, 1.165) is 11.1 Å². The molecule has 0 N–H and O–H groups in total. The van der Waals surface area contributed by atoms with Crippen LogP contribution in [-0.4, -0.2) is 11.6 Å². The molecule has 0 saturated carbocycles. The summed E-state index contributed by atoms with van der Waals surface area (Å²) in [6.45, 7) is 6.63. The van der Waals surface area contributed by atoms with Crippen LogP contribution in [0.3, 0.4) is 0 Å². The lowest BCUT2D eigenvalue weighted by atomic mass is 10.1. The normalized spacial score (nSPS) is 9.60. The second kappa shape index (κ2) is 6.32. The molecule has 0 fully saturated rings. The lowest BCUT2D eigenvalue weighted by molar-refractivity contribution is -0.0533. The van der Waals surface area contributed by atoms with Gasteiger partial charge >= 0.3 is 6.61 Å². The maximum atomic E-state index is 11.9. The number of nitrogens with zero attached hydrogens (tertiary/aromatic N) is 1. The van der Waals surface area contributed by atoms with Crippen LogP contribution in [0.2, 0.25) is 0 Å². The predicted molar refractivity (Wildman–Crippen MR) is 56.4 cm³/mol. The van der Waals surface area contributed by atoms with Gasteiger partial charge in [0.25, 0.3) is 0 Å². The van der Waals surface area contributed by atoms with Gasteiger partial charge in [-0.15, -0.1) is 0 Å². The quantitative estimate of drug-likeness (QED) is 0.754. The van der Waals surface area contributed by atoms with Gasteiger partial charge in [0.15, 0.2) is 0 Å². The molecule has 0 bridgehead atoms. The van der Waals surface area contributed by atoms with E-state index in [1.54, 1.807) is 6.92 Å². The van der Waals surface area contributed by atoms with Gasteiger partial charge in [-0.2, -0.15) is 8.78 Å². The number of rotatable bonds is 2. The first kappa shape index (κ1) is 13.8. The maximum absolute atomic E-state index is 11.9. The molecule has 0 atom stereocenters. The fraction of sp³-hybridized carbons (Fsp3) is 0.545. The first-order chi connectivity index (χ1) is 7.02. The molecule has 0 aromatic carbocycles. The molecular weight excluding hydrogens is 200 g/mol. The lowest BCUT2D eigenvalue weighted by Gasteiger charge is -2.09. The third-order valence-electron chi connectivity index (χ3n) is 2.05. The van der Waals surface area contributed by atoms with Crippen LogP contribution in [0.25, 0.3) is 0 Å². The first-order valence-electron chi connectivity index (χ1n) is 4.90. The molecule has 15 heavy (non-hydrogen) atoms. The average molecular weight is 217 g/mol. The summed E-state index contributed by atoms with van der Waals surface area (Å²) in [4.78, 5) is 3.78. The lowest BCUT2D eigenvalue weighted by Crippen LogP contribution is -2.06. The van der Waals surface area contributed by atoms with E-state index >= 15 is 0 Å². The number of pyridine rings is 1. The van der Waals surface area contributed by atoms with E-state index in [1.165, 1.54) is 6.20 Å². The molecule has 2 nitrogen and oxygen atoms in total. The van der Waals surface area contributed by atoms with Crippen LogP contribution >= 0.6 is 0 Å². The maximum Gasteiger partial charge on any atom is 0.388 e. The molecule has 1 heterocycles. The standard InChI is InChI=1S/C9H11F2NO.C2H6/c1-5-4-12-8(13-9(10)11)7(3)6(5)2;1-2/h4,9H,1-3H3;1-2H3. The Morgan fingerprint density at radius 3 is 2.13 bits per heavy atom. The third kappa shape index (κ3) is 3.81. The van der Waals surface area contributed by atoms with Crippen molar-refractivity contribution in [2.45, 2.75) is 41.2 Å². The van der Waals surface area contributed by atoms with Crippen LogP contribution in [-0.2, 0) is 0 Å². The van der Waals surface area contributed by atoms with Gasteiger partial charge in [0.1, 0.15) is 0 Å². The SMILES string of the molecule is CC.Cc1cnc(OC(F)F)c(C)c1C. The Morgan fingerprint density at radius 2 is 1.67 bits per heavy atom. The highest BCUT2D eigenvalue weighted by Crippen LogP contribution is 2.21. The van der Waals surface area contributed by atoms with Crippen molar-refractivity contribution in [3.63, 3.8) is 0 Å². The Kier molecular flexibility index (Phi) is 5.82. The van der Waals surface area contributed by atoms with Crippen molar-refractivity contribution in [1.29, 1.82) is 0 Å². The van der Waals surface area contributed by atoms with Gasteiger partial charge < -0.3 is 4.74 Å². The largest absolute Gasteiger partial charge is 0.417 e. The van der Waals surface area contributed by atoms with E-state index in [0.29, 0.717) is 5.56 Å². The van der Waals surface area contributed by atoms with Gasteiger partial charge in [-0.25, -0.2) is 4.98 Å². The minimum Gasteiger partial charge on any atom is -0.417 e. The molecule has 1 rings (SSSR count). The number of alkyl halides is 2. The summed E-state index contributed by atoms with van der Waals surface area (Å²) in [5.74, 6) is 0.0121. The number of ether oxygens (including phenoxy) is 1. The number of aromatic nitrogens is 1. The van der Waals surface area contributed by atoms with Gasteiger partial charge in [-0.05, 0) is 31.9 Å². The third-order valence-corrected chi connectivity index (χ3v) is 2.05. The van der Waals surface area contributed by atoms with Crippen molar-refractivity contribution in [3.05, 3.63) is 22.9 Å². The highest BCUT2D eigenvalue weighted by atomic mass is 19.3. The van der Waals surface area contributed by atoms with Crippen LogP contribution < -0.4 is 4.74 Å². The second-order valence-corrected chi connectivity index (χ2v) is 2.87. The number of hydrogen-bond acceptors (Lipinski definition) is 2. The highest BCUT2D eigenvalue weighted by Gasteiger charge is 2.10. The Balaban J connectivity index is 0.000000921. The smallest absolute Gasteiger partial charge is 0.388 e. The zero-order chi connectivity index (χ0) is 12.0. The van der Waals surface area contributed by atoms with Gasteiger partial charge in [0, 0.05) is 11.8 Å². The highest BCUT2D eigenvalue weighted by molar-refractivity contribution is 5.36. The predicted octanol–water partition coefficient (Wildman–Crippen LogP) is 3.63. The van der Waals surface area contributed by atoms with Crippen molar-refractivity contribution < 1.29 is 13.5 Å². The molecule has 0 aliphatic carbocycles. The molecule has 1 aromatic rings. The monoisotopic (exact) mass is 217 g/mol. The van der Waals surface area contributed by atoms with E-state index in [-0.39, 0.29) is 5.88 Å². The molecule has 0 unspecified atom stereocenters. The molecular formula is C11H17F2NO. The van der Waals surface area contributed by atoms with Crippen LogP contribution in [0, 0.1) is 20.8 Å². The minimum absolute atomic E-state index is 0.0121. The van der Waals surface area contributed by atoms with E-state index in [4.69, 9.17) is 0 Å². The minimum atomic E-state index is -2.81. The Labute approximate surface area is 89.3 Å². The molecule has 0 aliphatic rings. The van der Waals surface area contributed by atoms with Crippen LogP contribution in [0.4, 0.5) is 8.78 Å². The first-order valence-corrected chi connectivity index (χ1v) is 4.90. The molecule has 86 valence electrons. The summed E-state index contributed by atoms with van der Waals surface area (Å²) in [5, 5.41) is 0. The van der Waals surface area contributed by atoms with Crippen LogP contribution in [0.1, 0.15) is 30.5 Å². The Bertz CT molecular complexity index is 314. The van der Waals surface area contributed by atoms with Gasteiger partial charge in [0.05, 0.1) is 0 Å². The number of halogens is 2. The van der Waals surface area contributed by atoms with E-state index in [1.807, 2.05) is 27.7 Å². The summed E-state index contributed by atoms with van der Waals surface area (Å²) < 4.78 is 28.0. The van der Waals surface area contributed by atoms with Gasteiger partial charge in [0.2, 0.25) is 5.88 Å². The van der Waals surface area contributed by atoms with Gasteiger partial charge in [-0.3, -0.25) is 0 Å². The van der Waals surface area contributed by atoms with E-state index < -0.39 is 6.61 Å². The molecule has 1 aromatic heterocycles. The van der Waals surface area contributed by atoms with Crippen molar-refractivity contribution in [1.82, 2.24) is 4.98 Å². The second-order valence-electron chi connectivity index (χ2n) is 2.87. The van der Waals surface area contributed by atoms with E-state index in [9.17, 15) is 8.78 Å². The van der Waals surface area contributed by atoms with Crippen LogP contribution in [0.15, 0.2) is 6.20 Å². The zero-order valence-electron chi connectivity index (χ0n) is 9.77. The fourth-order valence-corrected chi connectivity index (χ4v) is 1.01. The molecule has 0 amide bonds. The molecule has 4 heteroatoms. The Hall–Kier alpha value is -1.19. The van der Waals surface area contributed by atoms with Crippen LogP contribution in [0.5, 0.6) is 5.88 Å². The molecule has 0 spiro atoms. The molecule has 0 saturated heterocycles. The number of hydrogen-bond donors (Lipinski definition) is 0. The molecule has 0 radical (unpaired) electrons. The zero-order valence-corrected chi connectivity index (χ0v) is 9.77. The summed E-state index contributed by atoms with van der Waals surface area (Å²) in [7, 11) is 0. The number of aryl methyl sites for hydroxylation is 1. The van der Waals surface area contributed by atoms with Crippen molar-refractivity contribution >= 4 is 0 Å². The van der Waals surface area contributed by atoms with Gasteiger partial charge in [-0.1, -0.05) is 13.8 Å². The Morgan fingerprint density at radius 1 is 1.13 bits per heavy atom. The molecule has 0 aliphatic heterocycles. The van der Waals surface area contributed by atoms with Crippen molar-refractivity contribution in [2.75, 3.05) is 0 Å². The average Bonchev–Trinajstić information content (AvgIpc) is 2.22. The summed E-state index contributed by atoms with van der Waals surface area (Å²) in [6, 6.07) is 0. The summed E-state index contributed by atoms with van der Waals surface area (Å²) >= 11 is 0. The van der Waals surface area contributed by atoms with Crippen molar-refractivity contribution in [3.8, 4) is 5.88 Å². The summed E-state index contributed by atoms with van der Waals surface area (Å²) in [5.41, 5.74) is 2.57. The van der Waals surface area contributed by atoms with Crippen molar-refractivity contribution in [2.24, 2.45) is 0 Å². The fourth-order valence-electron chi connectivity index (χ4n) is 1.01. The van der Waals surface area contributed by atoms with E-state index in [2.05, 4.69) is 9.72 Å².